The van der Waals surface area contributed by atoms with Gasteiger partial charge in [-0.1, -0.05) is 19.3 Å². The fraction of sp³-hybridized carbons (Fsp3) is 0.579. The summed E-state index contributed by atoms with van der Waals surface area (Å²) in [4.78, 5) is 26.6. The fourth-order valence-corrected chi connectivity index (χ4v) is 3.94. The normalized spacial score (nSPS) is 23.6. The Kier molecular flexibility index (Phi) is 4.51. The smallest absolute Gasteiger partial charge is 0.229 e. The number of nitrogens with zero attached hydrogens (tertiary/aromatic N) is 1. The highest BCUT2D eigenvalue weighted by molar-refractivity contribution is 5.97. The molecule has 0 radical (unpaired) electrons. The summed E-state index contributed by atoms with van der Waals surface area (Å²) in [5, 5.41) is 3.08. The number of ether oxygens (including phenoxy) is 2. The van der Waals surface area contributed by atoms with Crippen LogP contribution in [0, 0.1) is 5.92 Å². The van der Waals surface area contributed by atoms with E-state index in [2.05, 4.69) is 5.32 Å². The number of nitrogens with one attached hydrogen (secondary N) is 1. The molecule has 6 heteroatoms. The number of fused-ring (bicyclic) bond motifs is 1. The molecule has 1 saturated carbocycles. The lowest BCUT2D eigenvalue weighted by Gasteiger charge is -2.24. The third-order valence-electron chi connectivity index (χ3n) is 5.28. The van der Waals surface area contributed by atoms with Crippen molar-refractivity contribution >= 4 is 17.5 Å². The molecule has 2 amide bonds. The average molecular weight is 344 g/mol. The van der Waals surface area contributed by atoms with Gasteiger partial charge in [-0.2, -0.15) is 0 Å². The monoisotopic (exact) mass is 344 g/mol. The minimum absolute atomic E-state index is 0.0330. The van der Waals surface area contributed by atoms with Gasteiger partial charge >= 0.3 is 0 Å². The summed E-state index contributed by atoms with van der Waals surface area (Å²) in [6.45, 7) is 1.58. The van der Waals surface area contributed by atoms with Gasteiger partial charge < -0.3 is 19.7 Å². The zero-order chi connectivity index (χ0) is 17.2. The second-order valence-electron chi connectivity index (χ2n) is 7.08. The lowest BCUT2D eigenvalue weighted by Crippen LogP contribution is -2.41. The first kappa shape index (κ1) is 16.2. The Morgan fingerprint density at radius 1 is 1.08 bits per heavy atom. The topological polar surface area (TPSA) is 67.9 Å². The Morgan fingerprint density at radius 2 is 1.84 bits per heavy atom. The summed E-state index contributed by atoms with van der Waals surface area (Å²) < 4.78 is 11.1. The number of carbonyl (C=O) groups excluding carboxylic acids is 2. The van der Waals surface area contributed by atoms with Crippen molar-refractivity contribution in [3.63, 3.8) is 0 Å². The number of rotatable bonds is 3. The van der Waals surface area contributed by atoms with E-state index in [1.807, 2.05) is 18.2 Å². The molecule has 1 aromatic carbocycles. The van der Waals surface area contributed by atoms with Crippen molar-refractivity contribution in [3.8, 4) is 11.5 Å². The SMILES string of the molecule is O=C(N[C@@H]1CC(=O)N(c2ccc3c(c2)OCCO3)C1)C1CCCCC1. The van der Waals surface area contributed by atoms with Gasteiger partial charge in [0.1, 0.15) is 13.2 Å². The Morgan fingerprint density at radius 3 is 2.64 bits per heavy atom. The minimum Gasteiger partial charge on any atom is -0.486 e. The van der Waals surface area contributed by atoms with Gasteiger partial charge in [-0.3, -0.25) is 9.59 Å². The third-order valence-corrected chi connectivity index (χ3v) is 5.28. The molecule has 1 saturated heterocycles. The molecular weight excluding hydrogens is 320 g/mol. The molecule has 0 unspecified atom stereocenters. The highest BCUT2D eigenvalue weighted by atomic mass is 16.6. The maximum absolute atomic E-state index is 12.4. The van der Waals surface area contributed by atoms with Crippen molar-refractivity contribution in [3.05, 3.63) is 18.2 Å². The largest absolute Gasteiger partial charge is 0.486 e. The summed E-state index contributed by atoms with van der Waals surface area (Å²) in [5.74, 6) is 1.65. The van der Waals surface area contributed by atoms with E-state index in [1.54, 1.807) is 4.90 Å². The molecule has 1 atom stereocenters. The van der Waals surface area contributed by atoms with Gasteiger partial charge in [-0.05, 0) is 25.0 Å². The van der Waals surface area contributed by atoms with Gasteiger partial charge in [0.15, 0.2) is 11.5 Å². The van der Waals surface area contributed by atoms with Crippen molar-refractivity contribution in [2.24, 2.45) is 5.92 Å². The molecule has 1 N–H and O–H groups in total. The summed E-state index contributed by atoms with van der Waals surface area (Å²) in [6, 6.07) is 5.44. The van der Waals surface area contributed by atoms with Crippen molar-refractivity contribution in [1.29, 1.82) is 0 Å². The maximum atomic E-state index is 12.4. The Balaban J connectivity index is 1.41. The van der Waals surface area contributed by atoms with Gasteiger partial charge in [0.05, 0.1) is 6.04 Å². The van der Waals surface area contributed by atoms with E-state index in [0.717, 1.165) is 31.4 Å². The molecule has 1 aliphatic carbocycles. The van der Waals surface area contributed by atoms with Crippen LogP contribution in [-0.4, -0.2) is 37.6 Å². The minimum atomic E-state index is -0.116. The first-order chi connectivity index (χ1) is 12.2. The van der Waals surface area contributed by atoms with E-state index in [9.17, 15) is 9.59 Å². The summed E-state index contributed by atoms with van der Waals surface area (Å²) in [5.41, 5.74) is 0.795. The van der Waals surface area contributed by atoms with Gasteiger partial charge in [-0.15, -0.1) is 0 Å². The zero-order valence-electron chi connectivity index (χ0n) is 14.3. The van der Waals surface area contributed by atoms with Crippen LogP contribution in [0.25, 0.3) is 0 Å². The second-order valence-corrected chi connectivity index (χ2v) is 7.08. The predicted octanol–water partition coefficient (Wildman–Crippen LogP) is 2.26. The second kappa shape index (κ2) is 6.94. The summed E-state index contributed by atoms with van der Waals surface area (Å²) in [6.07, 6.45) is 5.78. The van der Waals surface area contributed by atoms with Crippen LogP contribution in [-0.2, 0) is 9.59 Å². The molecular formula is C19H24N2O4. The molecule has 2 aliphatic heterocycles. The lowest BCUT2D eigenvalue weighted by atomic mass is 9.88. The van der Waals surface area contributed by atoms with Crippen LogP contribution in [0.3, 0.4) is 0 Å². The molecule has 4 rings (SSSR count). The van der Waals surface area contributed by atoms with Crippen molar-refractivity contribution < 1.29 is 19.1 Å². The van der Waals surface area contributed by atoms with Crippen LogP contribution < -0.4 is 19.7 Å². The van der Waals surface area contributed by atoms with Crippen LogP contribution in [0.2, 0.25) is 0 Å². The number of hydrogen-bond acceptors (Lipinski definition) is 4. The molecule has 25 heavy (non-hydrogen) atoms. The number of carbonyl (C=O) groups is 2. The maximum Gasteiger partial charge on any atom is 0.229 e. The Bertz CT molecular complexity index is 669. The first-order valence-corrected chi connectivity index (χ1v) is 9.21. The standard InChI is InChI=1S/C19H24N2O4/c22-18-10-14(20-19(23)13-4-2-1-3-5-13)12-21(18)15-6-7-16-17(11-15)25-9-8-24-16/h6-7,11,13-14H,1-5,8-10,12H2,(H,20,23)/t14-/m1/s1. The predicted molar refractivity (Wildman–Crippen MR) is 92.9 cm³/mol. The number of anilines is 1. The molecule has 6 nitrogen and oxygen atoms in total. The van der Waals surface area contributed by atoms with E-state index in [4.69, 9.17) is 9.47 Å². The van der Waals surface area contributed by atoms with E-state index < -0.39 is 0 Å². The quantitative estimate of drug-likeness (QED) is 0.913. The Hall–Kier alpha value is -2.24. The van der Waals surface area contributed by atoms with E-state index >= 15 is 0 Å². The van der Waals surface area contributed by atoms with Crippen LogP contribution in [0.4, 0.5) is 5.69 Å². The first-order valence-electron chi connectivity index (χ1n) is 9.21. The average Bonchev–Trinajstić information content (AvgIpc) is 3.02. The van der Waals surface area contributed by atoms with Crippen molar-refractivity contribution in [2.45, 2.75) is 44.6 Å². The van der Waals surface area contributed by atoms with E-state index in [1.165, 1.54) is 6.42 Å². The molecule has 2 fully saturated rings. The fourth-order valence-electron chi connectivity index (χ4n) is 3.94. The summed E-state index contributed by atoms with van der Waals surface area (Å²) >= 11 is 0. The van der Waals surface area contributed by atoms with Gasteiger partial charge in [-0.25, -0.2) is 0 Å². The molecule has 134 valence electrons. The molecule has 1 aromatic rings. The number of hydrogen-bond donors (Lipinski definition) is 1. The highest BCUT2D eigenvalue weighted by Gasteiger charge is 2.33. The molecule has 0 bridgehead atoms. The number of benzene rings is 1. The van der Waals surface area contributed by atoms with E-state index in [0.29, 0.717) is 37.7 Å². The van der Waals surface area contributed by atoms with Crippen LogP contribution in [0.15, 0.2) is 18.2 Å². The molecule has 3 aliphatic rings. The van der Waals surface area contributed by atoms with Gasteiger partial charge in [0.2, 0.25) is 11.8 Å². The van der Waals surface area contributed by atoms with Crippen LogP contribution >= 0.6 is 0 Å². The van der Waals surface area contributed by atoms with Crippen LogP contribution in [0.1, 0.15) is 38.5 Å². The molecule has 2 heterocycles. The van der Waals surface area contributed by atoms with Crippen molar-refractivity contribution in [1.82, 2.24) is 5.32 Å². The summed E-state index contributed by atoms with van der Waals surface area (Å²) in [7, 11) is 0. The molecule has 0 aromatic heterocycles. The van der Waals surface area contributed by atoms with Crippen LogP contribution in [0.5, 0.6) is 11.5 Å². The van der Waals surface area contributed by atoms with E-state index in [-0.39, 0.29) is 23.8 Å². The highest BCUT2D eigenvalue weighted by Crippen LogP contribution is 2.35. The van der Waals surface area contributed by atoms with Gasteiger partial charge in [0, 0.05) is 30.6 Å². The lowest BCUT2D eigenvalue weighted by molar-refractivity contribution is -0.126. The Labute approximate surface area is 147 Å². The zero-order valence-corrected chi connectivity index (χ0v) is 14.3. The van der Waals surface area contributed by atoms with Gasteiger partial charge in [0.25, 0.3) is 0 Å². The number of amides is 2. The third kappa shape index (κ3) is 3.43. The molecule has 0 spiro atoms. The van der Waals surface area contributed by atoms with Crippen molar-refractivity contribution in [2.75, 3.05) is 24.7 Å².